The van der Waals surface area contributed by atoms with Gasteiger partial charge in [0.25, 0.3) is 5.69 Å². The fraction of sp³-hybridized carbons (Fsp3) is 0.278. The van der Waals surface area contributed by atoms with Crippen LogP contribution in [0.15, 0.2) is 48.5 Å². The first-order valence-corrected chi connectivity index (χ1v) is 10.2. The summed E-state index contributed by atoms with van der Waals surface area (Å²) in [5.74, 6) is -0.110. The Balaban J connectivity index is 2.02. The molecule has 0 aliphatic heterocycles. The minimum Gasteiger partial charge on any atom is -0.495 e. The summed E-state index contributed by atoms with van der Waals surface area (Å²) in [5.41, 5.74) is 0.527. The van der Waals surface area contributed by atoms with Crippen molar-refractivity contribution >= 4 is 33.0 Å². The first-order valence-electron chi connectivity index (χ1n) is 8.37. The number of anilines is 2. The van der Waals surface area contributed by atoms with Gasteiger partial charge >= 0.3 is 0 Å². The van der Waals surface area contributed by atoms with E-state index in [1.165, 1.54) is 29.6 Å². The quantitative estimate of drug-likeness (QED) is 0.504. The van der Waals surface area contributed by atoms with Crippen molar-refractivity contribution in [1.82, 2.24) is 0 Å². The molecule has 0 spiro atoms. The number of carbonyl (C=O) groups excluding carboxylic acids is 1. The molecule has 0 aromatic heterocycles. The maximum atomic E-state index is 12.2. The van der Waals surface area contributed by atoms with Gasteiger partial charge in [-0.05, 0) is 24.6 Å². The van der Waals surface area contributed by atoms with Crippen LogP contribution in [0.5, 0.6) is 5.75 Å². The summed E-state index contributed by atoms with van der Waals surface area (Å²) < 4.78 is 30.4. The fourth-order valence-electron chi connectivity index (χ4n) is 2.58. The summed E-state index contributed by atoms with van der Waals surface area (Å²) in [6.45, 7) is 0.127. The second-order valence-corrected chi connectivity index (χ2v) is 7.87. The average molecular weight is 407 g/mol. The van der Waals surface area contributed by atoms with Gasteiger partial charge in [-0.2, -0.15) is 0 Å². The van der Waals surface area contributed by atoms with Gasteiger partial charge in [-0.3, -0.25) is 19.2 Å². The zero-order valence-corrected chi connectivity index (χ0v) is 16.3. The lowest BCUT2D eigenvalue weighted by atomic mass is 10.2. The molecule has 0 radical (unpaired) electrons. The minimum atomic E-state index is -3.49. The first kappa shape index (κ1) is 21.2. The number of non-ortho nitro benzene ring substituents is 1. The molecule has 10 heteroatoms. The van der Waals surface area contributed by atoms with Crippen molar-refractivity contribution in [2.75, 3.05) is 29.5 Å². The number of rotatable bonds is 9. The normalized spacial score (nSPS) is 10.9. The molecule has 2 aromatic rings. The Morgan fingerprint density at radius 3 is 2.46 bits per heavy atom. The van der Waals surface area contributed by atoms with Crippen LogP contribution in [-0.2, 0) is 14.8 Å². The molecule has 1 amide bonds. The number of ether oxygens (including phenoxy) is 1. The number of hydrogen-bond acceptors (Lipinski definition) is 6. The molecule has 0 aliphatic carbocycles. The highest BCUT2D eigenvalue weighted by atomic mass is 32.2. The molecule has 0 bridgehead atoms. The Kier molecular flexibility index (Phi) is 6.94. The summed E-state index contributed by atoms with van der Waals surface area (Å²) in [4.78, 5) is 22.6. The van der Waals surface area contributed by atoms with Crippen LogP contribution in [0, 0.1) is 10.1 Å². The van der Waals surface area contributed by atoms with Crippen molar-refractivity contribution in [3.63, 3.8) is 0 Å². The second-order valence-electron chi connectivity index (χ2n) is 5.96. The van der Waals surface area contributed by atoms with Crippen LogP contribution in [0.4, 0.5) is 17.1 Å². The van der Waals surface area contributed by atoms with Gasteiger partial charge in [-0.1, -0.05) is 18.2 Å². The highest BCUT2D eigenvalue weighted by Crippen LogP contribution is 2.29. The van der Waals surface area contributed by atoms with Crippen LogP contribution in [-0.4, -0.2) is 39.2 Å². The van der Waals surface area contributed by atoms with E-state index in [0.29, 0.717) is 11.4 Å². The van der Waals surface area contributed by atoms with Gasteiger partial charge in [0.05, 0.1) is 29.7 Å². The van der Waals surface area contributed by atoms with E-state index in [4.69, 9.17) is 4.74 Å². The lowest BCUT2D eigenvalue weighted by molar-refractivity contribution is -0.384. The van der Waals surface area contributed by atoms with Gasteiger partial charge in [0.1, 0.15) is 5.75 Å². The molecular weight excluding hydrogens is 386 g/mol. The van der Waals surface area contributed by atoms with E-state index in [9.17, 15) is 23.3 Å². The third-order valence-electron chi connectivity index (χ3n) is 3.88. The van der Waals surface area contributed by atoms with Crippen LogP contribution in [0.1, 0.15) is 12.8 Å². The smallest absolute Gasteiger partial charge is 0.271 e. The van der Waals surface area contributed by atoms with Crippen LogP contribution in [0.25, 0.3) is 0 Å². The molecule has 0 aliphatic rings. The summed E-state index contributed by atoms with van der Waals surface area (Å²) in [6.07, 6.45) is 1.41. The maximum Gasteiger partial charge on any atom is 0.271 e. The molecule has 2 aromatic carbocycles. The first-order chi connectivity index (χ1) is 13.2. The number of benzene rings is 2. The molecule has 0 heterocycles. The molecule has 0 saturated carbocycles. The van der Waals surface area contributed by atoms with E-state index < -0.39 is 20.9 Å². The number of nitro groups is 1. The lowest BCUT2D eigenvalue weighted by Crippen LogP contribution is -2.31. The Morgan fingerprint density at radius 2 is 1.89 bits per heavy atom. The van der Waals surface area contributed by atoms with E-state index >= 15 is 0 Å². The summed E-state index contributed by atoms with van der Waals surface area (Å²) in [6, 6.07) is 12.5. The van der Waals surface area contributed by atoms with E-state index in [2.05, 4.69) is 5.32 Å². The van der Waals surface area contributed by atoms with Crippen LogP contribution >= 0.6 is 0 Å². The number of nitro benzene ring substituents is 1. The number of amides is 1. The number of para-hydroxylation sites is 1. The van der Waals surface area contributed by atoms with Crippen LogP contribution in [0.3, 0.4) is 0 Å². The maximum absolute atomic E-state index is 12.2. The molecule has 1 N–H and O–H groups in total. The molecule has 2 rings (SSSR count). The molecule has 0 atom stereocenters. The Bertz CT molecular complexity index is 947. The standard InChI is InChI=1S/C18H21N3O6S/c1-27-17-11-10-15(21(23)24)13-16(17)19-18(22)9-6-12-20(28(2,25)26)14-7-4-3-5-8-14/h3-5,7-8,10-11,13H,6,9,12H2,1-2H3,(H,19,22). The van der Waals surface area contributed by atoms with E-state index in [1.807, 2.05) is 0 Å². The number of methoxy groups -OCH3 is 1. The topological polar surface area (TPSA) is 119 Å². The van der Waals surface area contributed by atoms with E-state index in [-0.39, 0.29) is 30.8 Å². The number of nitrogens with one attached hydrogen (secondary N) is 1. The van der Waals surface area contributed by atoms with Gasteiger partial charge in [-0.15, -0.1) is 0 Å². The van der Waals surface area contributed by atoms with Crippen molar-refractivity contribution in [3.8, 4) is 5.75 Å². The highest BCUT2D eigenvalue weighted by molar-refractivity contribution is 7.92. The van der Waals surface area contributed by atoms with Crippen molar-refractivity contribution in [3.05, 3.63) is 58.6 Å². The van der Waals surface area contributed by atoms with Gasteiger partial charge in [0.2, 0.25) is 15.9 Å². The minimum absolute atomic E-state index is 0.0324. The van der Waals surface area contributed by atoms with E-state index in [1.54, 1.807) is 30.3 Å². The predicted molar refractivity (Wildman–Crippen MR) is 106 cm³/mol. The summed E-state index contributed by atoms with van der Waals surface area (Å²) in [7, 11) is -2.10. The lowest BCUT2D eigenvalue weighted by Gasteiger charge is -2.22. The van der Waals surface area contributed by atoms with Gasteiger partial charge in [0, 0.05) is 25.1 Å². The van der Waals surface area contributed by atoms with Gasteiger partial charge in [-0.25, -0.2) is 8.42 Å². The number of nitrogens with zero attached hydrogens (tertiary/aromatic N) is 2. The molecule has 0 unspecified atom stereocenters. The number of sulfonamides is 1. The Hall–Kier alpha value is -3.14. The fourth-order valence-corrected chi connectivity index (χ4v) is 3.55. The van der Waals surface area contributed by atoms with Gasteiger partial charge in [0.15, 0.2) is 0 Å². The third kappa shape index (κ3) is 5.68. The van der Waals surface area contributed by atoms with Crippen molar-refractivity contribution in [2.45, 2.75) is 12.8 Å². The zero-order valence-electron chi connectivity index (χ0n) is 15.5. The molecule has 150 valence electrons. The molecular formula is C18H21N3O6S. The number of carbonyl (C=O) groups is 1. The number of hydrogen-bond donors (Lipinski definition) is 1. The summed E-state index contributed by atoms with van der Waals surface area (Å²) in [5, 5.41) is 13.5. The van der Waals surface area contributed by atoms with Crippen molar-refractivity contribution in [1.29, 1.82) is 0 Å². The van der Waals surface area contributed by atoms with Gasteiger partial charge < -0.3 is 10.1 Å². The Labute approximate surface area is 163 Å². The summed E-state index contributed by atoms with van der Waals surface area (Å²) >= 11 is 0. The SMILES string of the molecule is COc1ccc([N+](=O)[O-])cc1NC(=O)CCCN(c1ccccc1)S(C)(=O)=O. The predicted octanol–water partition coefficient (Wildman–Crippen LogP) is 2.79. The van der Waals surface area contributed by atoms with E-state index in [0.717, 1.165) is 6.26 Å². The monoisotopic (exact) mass is 407 g/mol. The van der Waals surface area contributed by atoms with Crippen LogP contribution in [0.2, 0.25) is 0 Å². The molecule has 0 saturated heterocycles. The molecule has 28 heavy (non-hydrogen) atoms. The second kappa shape index (κ2) is 9.18. The Morgan fingerprint density at radius 1 is 1.21 bits per heavy atom. The van der Waals surface area contributed by atoms with Crippen LogP contribution < -0.4 is 14.4 Å². The highest BCUT2D eigenvalue weighted by Gasteiger charge is 2.18. The van der Waals surface area contributed by atoms with Crippen molar-refractivity contribution < 1.29 is 22.9 Å². The van der Waals surface area contributed by atoms with Crippen molar-refractivity contribution in [2.24, 2.45) is 0 Å². The molecule has 0 fully saturated rings. The zero-order chi connectivity index (χ0) is 20.7. The third-order valence-corrected chi connectivity index (χ3v) is 5.07. The largest absolute Gasteiger partial charge is 0.495 e. The average Bonchev–Trinajstić information content (AvgIpc) is 2.64. The molecule has 9 nitrogen and oxygen atoms in total.